The highest BCUT2D eigenvalue weighted by Gasteiger charge is 2.06. The zero-order valence-electron chi connectivity index (χ0n) is 5.37. The Morgan fingerprint density at radius 3 is 3.00 bits per heavy atom. The predicted molar refractivity (Wildman–Crippen MR) is 46.1 cm³/mol. The summed E-state index contributed by atoms with van der Waals surface area (Å²) in [5.74, 6) is 0.280. The number of nitriles is 1. The lowest BCUT2D eigenvalue weighted by Crippen LogP contribution is -1.55. The Hall–Kier alpha value is -1.05. The SMILES string of the molecule is N#Cc1cc2c(O)csc2s1. The first-order valence-corrected chi connectivity index (χ1v) is 4.61. The lowest BCUT2D eigenvalue weighted by atomic mass is 10.3. The summed E-state index contributed by atoms with van der Waals surface area (Å²) in [5, 5.41) is 20.2. The monoisotopic (exact) mass is 181 g/mol. The Morgan fingerprint density at radius 2 is 2.36 bits per heavy atom. The molecule has 0 aliphatic heterocycles. The molecule has 0 radical (unpaired) electrons. The quantitative estimate of drug-likeness (QED) is 0.678. The van der Waals surface area contributed by atoms with Crippen molar-refractivity contribution >= 4 is 32.1 Å². The van der Waals surface area contributed by atoms with Crippen molar-refractivity contribution in [3.63, 3.8) is 0 Å². The number of fused-ring (bicyclic) bond motifs is 1. The first kappa shape index (κ1) is 6.65. The molecule has 0 atom stereocenters. The highest BCUT2D eigenvalue weighted by atomic mass is 32.2. The zero-order valence-corrected chi connectivity index (χ0v) is 7.00. The third kappa shape index (κ3) is 0.897. The molecule has 0 saturated heterocycles. The highest BCUT2D eigenvalue weighted by Crippen LogP contribution is 2.37. The Morgan fingerprint density at radius 1 is 1.55 bits per heavy atom. The van der Waals surface area contributed by atoms with Crippen molar-refractivity contribution in [2.24, 2.45) is 0 Å². The summed E-state index contributed by atoms with van der Waals surface area (Å²) in [6.07, 6.45) is 0. The maximum Gasteiger partial charge on any atom is 0.135 e. The summed E-state index contributed by atoms with van der Waals surface area (Å²) in [6, 6.07) is 3.76. The van der Waals surface area contributed by atoms with Crippen LogP contribution < -0.4 is 0 Å². The third-order valence-electron chi connectivity index (χ3n) is 1.36. The van der Waals surface area contributed by atoms with Gasteiger partial charge in [-0.1, -0.05) is 0 Å². The van der Waals surface area contributed by atoms with Crippen LogP contribution in [0, 0.1) is 11.3 Å². The first-order chi connectivity index (χ1) is 5.31. The van der Waals surface area contributed by atoms with E-state index < -0.39 is 0 Å². The molecule has 2 rings (SSSR count). The van der Waals surface area contributed by atoms with E-state index in [1.807, 2.05) is 6.07 Å². The molecule has 2 aromatic heterocycles. The maximum absolute atomic E-state index is 9.23. The smallest absolute Gasteiger partial charge is 0.135 e. The summed E-state index contributed by atoms with van der Waals surface area (Å²) in [4.78, 5) is 0.655. The van der Waals surface area contributed by atoms with Gasteiger partial charge in [-0.15, -0.1) is 22.7 Å². The van der Waals surface area contributed by atoms with Gasteiger partial charge in [0.05, 0.1) is 4.01 Å². The van der Waals surface area contributed by atoms with E-state index in [0.29, 0.717) is 4.88 Å². The molecule has 0 aliphatic carbocycles. The van der Waals surface area contributed by atoms with Crippen LogP contribution in [0.15, 0.2) is 11.4 Å². The Bertz CT molecular complexity index is 435. The van der Waals surface area contributed by atoms with Crippen molar-refractivity contribution < 1.29 is 5.11 Å². The van der Waals surface area contributed by atoms with Crippen molar-refractivity contribution in [2.45, 2.75) is 0 Å². The minimum atomic E-state index is 0.280. The minimum Gasteiger partial charge on any atom is -0.506 e. The van der Waals surface area contributed by atoms with Crippen molar-refractivity contribution in [1.29, 1.82) is 5.26 Å². The minimum absolute atomic E-state index is 0.280. The molecule has 0 aromatic carbocycles. The second-order valence-corrected chi connectivity index (χ2v) is 4.23. The lowest BCUT2D eigenvalue weighted by molar-refractivity contribution is 0.484. The van der Waals surface area contributed by atoms with E-state index in [1.54, 1.807) is 11.4 Å². The van der Waals surface area contributed by atoms with Gasteiger partial charge < -0.3 is 5.11 Å². The maximum atomic E-state index is 9.23. The van der Waals surface area contributed by atoms with Crippen LogP contribution in [0.2, 0.25) is 0 Å². The summed E-state index contributed by atoms with van der Waals surface area (Å²) in [6.45, 7) is 0. The molecule has 0 aliphatic rings. The lowest BCUT2D eigenvalue weighted by Gasteiger charge is -1.77. The van der Waals surface area contributed by atoms with Gasteiger partial charge in [-0.25, -0.2) is 0 Å². The van der Waals surface area contributed by atoms with Crippen LogP contribution in [0.3, 0.4) is 0 Å². The van der Waals surface area contributed by atoms with Crippen molar-refractivity contribution in [2.75, 3.05) is 0 Å². The van der Waals surface area contributed by atoms with Crippen molar-refractivity contribution in [3.8, 4) is 11.8 Å². The van der Waals surface area contributed by atoms with Gasteiger partial charge in [0.15, 0.2) is 0 Å². The normalized spacial score (nSPS) is 10.1. The molecule has 4 heteroatoms. The zero-order chi connectivity index (χ0) is 7.84. The summed E-state index contributed by atoms with van der Waals surface area (Å²) in [5.41, 5.74) is 0. The summed E-state index contributed by atoms with van der Waals surface area (Å²) in [7, 11) is 0. The molecule has 0 saturated carbocycles. The molecule has 1 N–H and O–H groups in total. The van der Waals surface area contributed by atoms with E-state index >= 15 is 0 Å². The number of nitrogens with zero attached hydrogens (tertiary/aromatic N) is 1. The Labute approximate surface area is 70.9 Å². The van der Waals surface area contributed by atoms with Crippen molar-refractivity contribution in [3.05, 3.63) is 16.3 Å². The molecular weight excluding hydrogens is 178 g/mol. The van der Waals surface area contributed by atoms with E-state index in [-0.39, 0.29) is 5.75 Å². The third-order valence-corrected chi connectivity index (χ3v) is 3.51. The van der Waals surface area contributed by atoms with E-state index in [4.69, 9.17) is 5.26 Å². The van der Waals surface area contributed by atoms with Gasteiger partial charge in [-0.05, 0) is 6.07 Å². The molecule has 0 fully saturated rings. The average Bonchev–Trinajstić information content (AvgIpc) is 2.53. The fourth-order valence-corrected chi connectivity index (χ4v) is 2.81. The standard InChI is InChI=1S/C7H3NOS2/c8-2-4-1-5-6(9)3-10-7(5)11-4/h1,3,9H. The molecule has 54 valence electrons. The van der Waals surface area contributed by atoms with E-state index in [1.165, 1.54) is 22.7 Å². The second kappa shape index (κ2) is 2.22. The topological polar surface area (TPSA) is 44.0 Å². The number of hydrogen-bond donors (Lipinski definition) is 1. The molecule has 2 aromatic rings. The van der Waals surface area contributed by atoms with Gasteiger partial charge >= 0.3 is 0 Å². The van der Waals surface area contributed by atoms with Crippen LogP contribution in [0.1, 0.15) is 4.88 Å². The first-order valence-electron chi connectivity index (χ1n) is 2.91. The predicted octanol–water partition coefficient (Wildman–Crippen LogP) is 2.54. The van der Waals surface area contributed by atoms with Gasteiger partial charge in [0.25, 0.3) is 0 Å². The Kier molecular flexibility index (Phi) is 1.34. The summed E-state index contributed by atoms with van der Waals surface area (Å²) < 4.78 is 1.01. The highest BCUT2D eigenvalue weighted by molar-refractivity contribution is 7.38. The average molecular weight is 181 g/mol. The van der Waals surface area contributed by atoms with Gasteiger partial charge in [0.2, 0.25) is 0 Å². The van der Waals surface area contributed by atoms with E-state index in [9.17, 15) is 5.11 Å². The van der Waals surface area contributed by atoms with Crippen LogP contribution in [0.25, 0.3) is 9.40 Å². The molecule has 0 amide bonds. The van der Waals surface area contributed by atoms with Gasteiger partial charge in [0, 0.05) is 10.8 Å². The van der Waals surface area contributed by atoms with Gasteiger partial charge in [0.1, 0.15) is 16.7 Å². The second-order valence-electron chi connectivity index (χ2n) is 2.04. The van der Waals surface area contributed by atoms with Crippen LogP contribution in [-0.2, 0) is 0 Å². The Balaban J connectivity index is 2.82. The molecular formula is C7H3NOS2. The molecule has 0 spiro atoms. The van der Waals surface area contributed by atoms with Gasteiger partial charge in [-0.2, -0.15) is 5.26 Å². The van der Waals surface area contributed by atoms with Crippen molar-refractivity contribution in [1.82, 2.24) is 0 Å². The number of thiophene rings is 2. The molecule has 2 heterocycles. The number of hydrogen-bond acceptors (Lipinski definition) is 4. The van der Waals surface area contributed by atoms with Crippen LogP contribution in [-0.4, -0.2) is 5.11 Å². The fraction of sp³-hybridized carbons (Fsp3) is 0. The number of rotatable bonds is 0. The van der Waals surface area contributed by atoms with Crippen LogP contribution in [0.5, 0.6) is 5.75 Å². The van der Waals surface area contributed by atoms with Crippen LogP contribution in [0.4, 0.5) is 0 Å². The molecule has 0 bridgehead atoms. The largest absolute Gasteiger partial charge is 0.506 e. The van der Waals surface area contributed by atoms with Crippen LogP contribution >= 0.6 is 22.7 Å². The van der Waals surface area contributed by atoms with Gasteiger partial charge in [-0.3, -0.25) is 0 Å². The van der Waals surface area contributed by atoms with E-state index in [0.717, 1.165) is 9.40 Å². The fourth-order valence-electron chi connectivity index (χ4n) is 0.868. The molecule has 0 unspecified atom stereocenters. The summed E-state index contributed by atoms with van der Waals surface area (Å²) >= 11 is 2.88. The van der Waals surface area contributed by atoms with E-state index in [2.05, 4.69) is 0 Å². The molecule has 2 nitrogen and oxygen atoms in total. The number of aromatic hydroxyl groups is 1. The molecule has 11 heavy (non-hydrogen) atoms.